The van der Waals surface area contributed by atoms with Gasteiger partial charge in [-0.15, -0.1) is 0 Å². The summed E-state index contributed by atoms with van der Waals surface area (Å²) in [5, 5.41) is 1.60. The summed E-state index contributed by atoms with van der Waals surface area (Å²) in [7, 11) is 0. The minimum absolute atomic E-state index is 0.0246. The predicted octanol–water partition coefficient (Wildman–Crippen LogP) is 5.42. The summed E-state index contributed by atoms with van der Waals surface area (Å²) in [6.07, 6.45) is 1.62. The van der Waals surface area contributed by atoms with Crippen molar-refractivity contribution in [3.05, 3.63) is 83.1 Å². The number of halogens is 1. The Morgan fingerprint density at radius 1 is 1.00 bits per heavy atom. The first-order valence-corrected chi connectivity index (χ1v) is 10.7. The third-order valence-electron chi connectivity index (χ3n) is 5.71. The summed E-state index contributed by atoms with van der Waals surface area (Å²) in [5.41, 5.74) is 4.31. The zero-order chi connectivity index (χ0) is 21.4. The van der Waals surface area contributed by atoms with Crippen molar-refractivity contribution in [1.82, 2.24) is 9.88 Å². The highest BCUT2D eigenvalue weighted by Gasteiger charge is 2.25. The van der Waals surface area contributed by atoms with E-state index in [0.717, 1.165) is 40.3 Å². The van der Waals surface area contributed by atoms with Gasteiger partial charge in [0.25, 0.3) is 5.91 Å². The van der Waals surface area contributed by atoms with E-state index in [1.807, 2.05) is 66.4 Å². The molecule has 5 nitrogen and oxygen atoms in total. The SMILES string of the molecule is Cc1ccc2nc(-c3ccco3)cc(C(=O)N3CCN(c4cccc(Cl)c4)CC3)c2c1. The number of fused-ring (bicyclic) bond motifs is 1. The summed E-state index contributed by atoms with van der Waals surface area (Å²) < 4.78 is 5.54. The lowest BCUT2D eigenvalue weighted by Gasteiger charge is -2.36. The highest BCUT2D eigenvalue weighted by Crippen LogP contribution is 2.28. The Morgan fingerprint density at radius 2 is 1.84 bits per heavy atom. The van der Waals surface area contributed by atoms with Crippen molar-refractivity contribution in [2.24, 2.45) is 0 Å². The first kappa shape index (κ1) is 19.6. The molecule has 156 valence electrons. The lowest BCUT2D eigenvalue weighted by molar-refractivity contribution is 0.0748. The maximum absolute atomic E-state index is 13.6. The smallest absolute Gasteiger partial charge is 0.254 e. The van der Waals surface area contributed by atoms with Crippen LogP contribution in [0.15, 0.2) is 71.3 Å². The van der Waals surface area contributed by atoms with Gasteiger partial charge in [-0.2, -0.15) is 0 Å². The number of anilines is 1. The minimum Gasteiger partial charge on any atom is -0.463 e. The number of benzene rings is 2. The van der Waals surface area contributed by atoms with Gasteiger partial charge in [0.2, 0.25) is 0 Å². The highest BCUT2D eigenvalue weighted by atomic mass is 35.5. The number of carbonyl (C=O) groups excluding carboxylic acids is 1. The fourth-order valence-corrected chi connectivity index (χ4v) is 4.26. The maximum atomic E-state index is 13.6. The van der Waals surface area contributed by atoms with Gasteiger partial charge >= 0.3 is 0 Å². The molecule has 1 fully saturated rings. The van der Waals surface area contributed by atoms with Crippen LogP contribution in [0.25, 0.3) is 22.4 Å². The van der Waals surface area contributed by atoms with Gasteiger partial charge in [-0.25, -0.2) is 4.98 Å². The second-order valence-electron chi connectivity index (χ2n) is 7.81. The molecule has 0 N–H and O–H groups in total. The number of hydrogen-bond donors (Lipinski definition) is 0. The average molecular weight is 432 g/mol. The molecular weight excluding hydrogens is 410 g/mol. The molecule has 0 radical (unpaired) electrons. The Morgan fingerprint density at radius 3 is 2.58 bits per heavy atom. The van der Waals surface area contributed by atoms with E-state index in [0.29, 0.717) is 30.1 Å². The Kier molecular flexibility index (Phi) is 5.12. The van der Waals surface area contributed by atoms with Gasteiger partial charge < -0.3 is 14.2 Å². The largest absolute Gasteiger partial charge is 0.463 e. The van der Waals surface area contributed by atoms with Crippen LogP contribution in [0.1, 0.15) is 15.9 Å². The molecule has 0 aliphatic carbocycles. The molecule has 1 aliphatic heterocycles. The predicted molar refractivity (Wildman–Crippen MR) is 124 cm³/mol. The molecule has 0 saturated carbocycles. The number of piperazine rings is 1. The average Bonchev–Trinajstić information content (AvgIpc) is 3.33. The Hall–Kier alpha value is -3.31. The van der Waals surface area contributed by atoms with Gasteiger partial charge in [-0.05, 0) is 55.5 Å². The van der Waals surface area contributed by atoms with Gasteiger partial charge in [0, 0.05) is 42.3 Å². The van der Waals surface area contributed by atoms with Crippen LogP contribution in [0.4, 0.5) is 5.69 Å². The van der Waals surface area contributed by atoms with Crippen LogP contribution in [-0.4, -0.2) is 42.0 Å². The van der Waals surface area contributed by atoms with Crippen molar-refractivity contribution >= 4 is 34.1 Å². The minimum atomic E-state index is 0.0246. The first-order chi connectivity index (χ1) is 15.1. The van der Waals surface area contributed by atoms with Crippen LogP contribution in [0, 0.1) is 6.92 Å². The van der Waals surface area contributed by atoms with Gasteiger partial charge in [0.1, 0.15) is 5.69 Å². The quantitative estimate of drug-likeness (QED) is 0.434. The third kappa shape index (κ3) is 3.89. The summed E-state index contributed by atoms with van der Waals surface area (Å²) in [6, 6.07) is 19.4. The molecule has 1 amide bonds. The summed E-state index contributed by atoms with van der Waals surface area (Å²) in [4.78, 5) is 22.5. The molecule has 3 heterocycles. The number of nitrogens with zero attached hydrogens (tertiary/aromatic N) is 3. The summed E-state index contributed by atoms with van der Waals surface area (Å²) in [6.45, 7) is 4.85. The van der Waals surface area contributed by atoms with E-state index in [9.17, 15) is 4.79 Å². The first-order valence-electron chi connectivity index (χ1n) is 10.3. The Bertz CT molecular complexity index is 1250. The van der Waals surface area contributed by atoms with Crippen molar-refractivity contribution in [3.8, 4) is 11.5 Å². The van der Waals surface area contributed by atoms with Crippen molar-refractivity contribution in [2.45, 2.75) is 6.92 Å². The van der Waals surface area contributed by atoms with Crippen LogP contribution >= 0.6 is 11.6 Å². The number of aromatic nitrogens is 1. The van der Waals surface area contributed by atoms with E-state index in [-0.39, 0.29) is 5.91 Å². The molecule has 0 spiro atoms. The zero-order valence-electron chi connectivity index (χ0n) is 17.2. The monoisotopic (exact) mass is 431 g/mol. The summed E-state index contributed by atoms with van der Waals surface area (Å²) in [5.74, 6) is 0.679. The summed E-state index contributed by atoms with van der Waals surface area (Å²) >= 11 is 6.14. The van der Waals surface area contributed by atoms with Crippen LogP contribution in [0.5, 0.6) is 0 Å². The molecule has 0 bridgehead atoms. The molecule has 31 heavy (non-hydrogen) atoms. The van der Waals surface area contributed by atoms with Crippen LogP contribution in [0.3, 0.4) is 0 Å². The highest BCUT2D eigenvalue weighted by molar-refractivity contribution is 6.30. The van der Waals surface area contributed by atoms with Gasteiger partial charge in [0.15, 0.2) is 5.76 Å². The third-order valence-corrected chi connectivity index (χ3v) is 5.94. The Labute approximate surface area is 185 Å². The van der Waals surface area contributed by atoms with Gasteiger partial charge in [0.05, 0.1) is 17.3 Å². The van der Waals surface area contributed by atoms with Crippen molar-refractivity contribution in [1.29, 1.82) is 0 Å². The van der Waals surface area contributed by atoms with E-state index in [4.69, 9.17) is 21.0 Å². The number of pyridine rings is 1. The molecule has 5 rings (SSSR count). The number of furan rings is 1. The number of amides is 1. The van der Waals surface area contributed by atoms with Gasteiger partial charge in [-0.1, -0.05) is 29.3 Å². The fraction of sp³-hybridized carbons (Fsp3) is 0.200. The molecule has 6 heteroatoms. The second kappa shape index (κ2) is 8.08. The lowest BCUT2D eigenvalue weighted by Crippen LogP contribution is -2.48. The molecular formula is C25H22ClN3O2. The second-order valence-corrected chi connectivity index (χ2v) is 8.25. The van der Waals surface area contributed by atoms with Crippen LogP contribution < -0.4 is 4.90 Å². The van der Waals surface area contributed by atoms with E-state index < -0.39 is 0 Å². The normalized spacial score (nSPS) is 14.3. The standard InChI is InChI=1S/C25H22ClN3O2/c1-17-7-8-22-20(14-17)21(16-23(27-22)24-6-3-13-31-24)25(30)29-11-9-28(10-12-29)19-5-2-4-18(26)15-19/h2-8,13-16H,9-12H2,1H3. The molecule has 0 atom stereocenters. The van der Waals surface area contributed by atoms with E-state index in [1.54, 1.807) is 6.26 Å². The van der Waals surface area contributed by atoms with Crippen molar-refractivity contribution in [3.63, 3.8) is 0 Å². The number of hydrogen-bond acceptors (Lipinski definition) is 4. The topological polar surface area (TPSA) is 49.6 Å². The number of carbonyl (C=O) groups is 1. The van der Waals surface area contributed by atoms with E-state index in [1.165, 1.54) is 0 Å². The van der Waals surface area contributed by atoms with Crippen LogP contribution in [0.2, 0.25) is 5.02 Å². The van der Waals surface area contributed by atoms with E-state index >= 15 is 0 Å². The molecule has 4 aromatic rings. The lowest BCUT2D eigenvalue weighted by atomic mass is 10.0. The number of rotatable bonds is 3. The maximum Gasteiger partial charge on any atom is 0.254 e. The van der Waals surface area contributed by atoms with Crippen molar-refractivity contribution in [2.75, 3.05) is 31.1 Å². The van der Waals surface area contributed by atoms with E-state index in [2.05, 4.69) is 11.0 Å². The van der Waals surface area contributed by atoms with Crippen molar-refractivity contribution < 1.29 is 9.21 Å². The molecule has 1 saturated heterocycles. The molecule has 0 unspecified atom stereocenters. The molecule has 1 aliphatic rings. The zero-order valence-corrected chi connectivity index (χ0v) is 18.0. The molecule has 2 aromatic carbocycles. The Balaban J connectivity index is 1.45. The molecule has 2 aromatic heterocycles. The van der Waals surface area contributed by atoms with Gasteiger partial charge in [-0.3, -0.25) is 4.79 Å². The fourth-order valence-electron chi connectivity index (χ4n) is 4.08. The number of aryl methyl sites for hydroxylation is 1. The van der Waals surface area contributed by atoms with Crippen LogP contribution in [-0.2, 0) is 0 Å².